The molecule has 0 spiro atoms. The average molecular weight is 245 g/mol. The van der Waals surface area contributed by atoms with Gasteiger partial charge in [0.1, 0.15) is 0 Å². The molecule has 0 N–H and O–H groups in total. The zero-order valence-electron chi connectivity index (χ0n) is 6.35. The summed E-state index contributed by atoms with van der Waals surface area (Å²) in [6, 6.07) is 7.51. The van der Waals surface area contributed by atoms with Gasteiger partial charge >= 0.3 is 0 Å². The quantitative estimate of drug-likeness (QED) is 0.733. The van der Waals surface area contributed by atoms with Crippen LogP contribution in [0.3, 0.4) is 0 Å². The van der Waals surface area contributed by atoms with Gasteiger partial charge in [-0.05, 0) is 24.1 Å². The Labute approximate surface area is 85.1 Å². The Morgan fingerprint density at radius 3 is 2.83 bits per heavy atom. The van der Waals surface area contributed by atoms with E-state index in [0.717, 1.165) is 17.3 Å². The lowest BCUT2D eigenvalue weighted by molar-refractivity contribution is 1.15. The molecule has 0 aliphatic carbocycles. The average Bonchev–Trinajstić information content (AvgIpc) is 2.08. The van der Waals surface area contributed by atoms with Crippen LogP contribution < -0.4 is 0 Å². The van der Waals surface area contributed by atoms with E-state index in [1.165, 1.54) is 0 Å². The van der Waals surface area contributed by atoms with Crippen LogP contribution in [0.1, 0.15) is 11.1 Å². The normalized spacial score (nSPS) is 9.42. The lowest BCUT2D eigenvalue weighted by atomic mass is 10.1. The lowest BCUT2D eigenvalue weighted by Gasteiger charge is -2.00. The molecule has 0 aliphatic heterocycles. The van der Waals surface area contributed by atoms with Crippen molar-refractivity contribution in [1.82, 2.24) is 0 Å². The highest BCUT2D eigenvalue weighted by Gasteiger charge is 2.00. The summed E-state index contributed by atoms with van der Waals surface area (Å²) in [5, 5.41) is 10.2. The van der Waals surface area contributed by atoms with Gasteiger partial charge in [-0.3, -0.25) is 0 Å². The van der Waals surface area contributed by atoms with E-state index >= 15 is 0 Å². The van der Waals surface area contributed by atoms with Crippen LogP contribution in [0.5, 0.6) is 0 Å². The minimum Gasteiger partial charge on any atom is -0.192 e. The van der Waals surface area contributed by atoms with E-state index < -0.39 is 0 Å². The summed E-state index contributed by atoms with van der Waals surface area (Å²) in [5.41, 5.74) is 1.71. The second-order valence-corrected chi connectivity index (χ2v) is 3.58. The van der Waals surface area contributed by atoms with Gasteiger partial charge in [0.2, 0.25) is 0 Å². The smallest absolute Gasteiger partial charge is 0.0995 e. The van der Waals surface area contributed by atoms with Crippen molar-refractivity contribution in [3.8, 4) is 6.07 Å². The second-order valence-electron chi connectivity index (χ2n) is 2.35. The molecule has 1 aromatic rings. The summed E-state index contributed by atoms with van der Waals surface area (Å²) >= 11 is 9.06. The van der Waals surface area contributed by atoms with Gasteiger partial charge in [-0.15, -0.1) is 0 Å². The Balaban J connectivity index is 3.05. The van der Waals surface area contributed by atoms with Crippen molar-refractivity contribution in [2.24, 2.45) is 0 Å². The molecule has 0 amide bonds. The summed E-state index contributed by atoms with van der Waals surface area (Å²) < 4.78 is 0. The third kappa shape index (κ3) is 2.23. The van der Waals surface area contributed by atoms with Crippen LogP contribution >= 0.6 is 27.5 Å². The Kier molecular flexibility index (Phi) is 3.58. The van der Waals surface area contributed by atoms with Crippen molar-refractivity contribution in [2.75, 3.05) is 5.33 Å². The van der Waals surface area contributed by atoms with Crippen LogP contribution in [0, 0.1) is 11.3 Å². The SMILES string of the molecule is N#Cc1cc(Cl)ccc1CCBr. The van der Waals surface area contributed by atoms with Gasteiger partial charge in [0, 0.05) is 10.4 Å². The summed E-state index contributed by atoms with van der Waals surface area (Å²) in [4.78, 5) is 0. The molecule has 12 heavy (non-hydrogen) atoms. The number of aryl methyl sites for hydroxylation is 1. The van der Waals surface area contributed by atoms with E-state index in [-0.39, 0.29) is 0 Å². The van der Waals surface area contributed by atoms with E-state index in [1.807, 2.05) is 6.07 Å². The van der Waals surface area contributed by atoms with E-state index in [4.69, 9.17) is 16.9 Å². The Bertz CT molecular complexity index is 317. The van der Waals surface area contributed by atoms with E-state index in [2.05, 4.69) is 22.0 Å². The zero-order chi connectivity index (χ0) is 8.97. The summed E-state index contributed by atoms with van der Waals surface area (Å²) in [7, 11) is 0. The van der Waals surface area contributed by atoms with Crippen LogP contribution in [0.2, 0.25) is 5.02 Å². The van der Waals surface area contributed by atoms with Gasteiger partial charge in [0.05, 0.1) is 11.6 Å². The van der Waals surface area contributed by atoms with E-state index in [0.29, 0.717) is 10.6 Å². The van der Waals surface area contributed by atoms with Crippen molar-refractivity contribution < 1.29 is 0 Å². The molecule has 0 radical (unpaired) electrons. The number of hydrogen-bond acceptors (Lipinski definition) is 1. The topological polar surface area (TPSA) is 23.8 Å². The molecule has 1 rings (SSSR count). The highest BCUT2D eigenvalue weighted by atomic mass is 79.9. The molecule has 0 saturated heterocycles. The maximum atomic E-state index is 8.75. The van der Waals surface area contributed by atoms with Gasteiger partial charge in [-0.1, -0.05) is 33.6 Å². The molecule has 0 aromatic heterocycles. The van der Waals surface area contributed by atoms with Crippen molar-refractivity contribution in [2.45, 2.75) is 6.42 Å². The van der Waals surface area contributed by atoms with Gasteiger partial charge in [0.25, 0.3) is 0 Å². The highest BCUT2D eigenvalue weighted by molar-refractivity contribution is 9.09. The zero-order valence-corrected chi connectivity index (χ0v) is 8.69. The molecular weight excluding hydrogens is 237 g/mol. The van der Waals surface area contributed by atoms with Gasteiger partial charge in [-0.25, -0.2) is 0 Å². The van der Waals surface area contributed by atoms with Crippen molar-refractivity contribution in [1.29, 1.82) is 5.26 Å². The van der Waals surface area contributed by atoms with Gasteiger partial charge < -0.3 is 0 Å². The summed E-state index contributed by atoms with van der Waals surface area (Å²) in [6.45, 7) is 0. The number of nitriles is 1. The Morgan fingerprint density at radius 1 is 1.50 bits per heavy atom. The Morgan fingerprint density at radius 2 is 2.25 bits per heavy atom. The molecule has 0 bridgehead atoms. The molecule has 0 atom stereocenters. The van der Waals surface area contributed by atoms with E-state index in [1.54, 1.807) is 12.1 Å². The molecule has 0 fully saturated rings. The monoisotopic (exact) mass is 243 g/mol. The van der Waals surface area contributed by atoms with Crippen molar-refractivity contribution in [3.05, 3.63) is 34.3 Å². The van der Waals surface area contributed by atoms with Crippen LogP contribution in [-0.4, -0.2) is 5.33 Å². The number of hydrogen-bond donors (Lipinski definition) is 0. The first-order chi connectivity index (χ1) is 5.77. The maximum Gasteiger partial charge on any atom is 0.0995 e. The molecule has 0 saturated carbocycles. The standard InChI is InChI=1S/C9H7BrClN/c10-4-3-7-1-2-9(11)5-8(7)6-12/h1-2,5H,3-4H2. The minimum absolute atomic E-state index is 0.616. The first-order valence-corrected chi connectivity index (χ1v) is 5.02. The van der Waals surface area contributed by atoms with Crippen molar-refractivity contribution >= 4 is 27.5 Å². The van der Waals surface area contributed by atoms with Crippen LogP contribution in [-0.2, 0) is 6.42 Å². The number of rotatable bonds is 2. The molecule has 0 unspecified atom stereocenters. The predicted octanol–water partition coefficient (Wildman–Crippen LogP) is 3.15. The first-order valence-electron chi connectivity index (χ1n) is 3.52. The number of alkyl halides is 1. The number of benzene rings is 1. The van der Waals surface area contributed by atoms with E-state index in [9.17, 15) is 0 Å². The minimum atomic E-state index is 0.616. The van der Waals surface area contributed by atoms with Crippen LogP contribution in [0.15, 0.2) is 18.2 Å². The first kappa shape index (κ1) is 9.57. The third-order valence-corrected chi connectivity index (χ3v) is 2.19. The summed E-state index contributed by atoms with van der Waals surface area (Å²) in [6.07, 6.45) is 0.861. The van der Waals surface area contributed by atoms with Crippen molar-refractivity contribution in [3.63, 3.8) is 0 Å². The fourth-order valence-corrected chi connectivity index (χ4v) is 1.57. The number of nitrogens with zero attached hydrogens (tertiary/aromatic N) is 1. The largest absolute Gasteiger partial charge is 0.192 e. The Hall–Kier alpha value is -0.520. The molecule has 1 nitrogen and oxygen atoms in total. The second kappa shape index (κ2) is 4.49. The highest BCUT2D eigenvalue weighted by Crippen LogP contribution is 2.16. The molecule has 1 aromatic carbocycles. The number of halogens is 2. The summed E-state index contributed by atoms with van der Waals surface area (Å²) in [5.74, 6) is 0. The maximum absolute atomic E-state index is 8.75. The van der Waals surface area contributed by atoms with Gasteiger partial charge in [0.15, 0.2) is 0 Å². The van der Waals surface area contributed by atoms with Gasteiger partial charge in [-0.2, -0.15) is 5.26 Å². The molecule has 0 aliphatic rings. The fraction of sp³-hybridized carbons (Fsp3) is 0.222. The molecule has 62 valence electrons. The fourth-order valence-electron chi connectivity index (χ4n) is 0.973. The molecule has 0 heterocycles. The predicted molar refractivity (Wildman–Crippen MR) is 53.7 cm³/mol. The van der Waals surface area contributed by atoms with Crippen LogP contribution in [0.4, 0.5) is 0 Å². The van der Waals surface area contributed by atoms with Crippen LogP contribution in [0.25, 0.3) is 0 Å². The lowest BCUT2D eigenvalue weighted by Crippen LogP contribution is -1.90. The third-order valence-electron chi connectivity index (χ3n) is 1.56. The molecular formula is C9H7BrClN. The molecule has 3 heteroatoms.